The normalized spacial score (nSPS) is 10.1. The first kappa shape index (κ1) is 10.2. The molecule has 0 atom stereocenters. The summed E-state index contributed by atoms with van der Waals surface area (Å²) in [6.07, 6.45) is 1.42. The van der Waals surface area contributed by atoms with Crippen LogP contribution in [0.1, 0.15) is 10.4 Å². The second-order valence-electron chi connectivity index (χ2n) is 3.00. The van der Waals surface area contributed by atoms with Crippen LogP contribution in [0, 0.1) is 0 Å². The molecule has 1 aromatic heterocycles. The highest BCUT2D eigenvalue weighted by molar-refractivity contribution is 5.91. The summed E-state index contributed by atoms with van der Waals surface area (Å²) in [4.78, 5) is 12.2. The van der Waals surface area contributed by atoms with Crippen molar-refractivity contribution in [2.75, 3.05) is 7.11 Å². The molecule has 1 N–H and O–H groups in total. The zero-order valence-electron chi connectivity index (χ0n) is 8.49. The fourth-order valence-electron chi connectivity index (χ4n) is 1.29. The molecule has 0 spiro atoms. The minimum absolute atomic E-state index is 0.140. The van der Waals surface area contributed by atoms with Gasteiger partial charge in [0, 0.05) is 0 Å². The third-order valence-corrected chi connectivity index (χ3v) is 2.03. The van der Waals surface area contributed by atoms with E-state index in [0.29, 0.717) is 11.6 Å². The van der Waals surface area contributed by atoms with Crippen molar-refractivity contribution in [3.63, 3.8) is 0 Å². The highest BCUT2D eigenvalue weighted by atomic mass is 16.5. The molecule has 6 heteroatoms. The van der Waals surface area contributed by atoms with E-state index in [1.165, 1.54) is 24.2 Å². The molecule has 0 aliphatic heterocycles. The molecule has 0 saturated heterocycles. The van der Waals surface area contributed by atoms with Gasteiger partial charge in [0.1, 0.15) is 11.9 Å². The van der Waals surface area contributed by atoms with Gasteiger partial charge in [0.25, 0.3) is 5.88 Å². The van der Waals surface area contributed by atoms with Crippen LogP contribution in [0.25, 0.3) is 5.69 Å². The molecule has 2 rings (SSSR count). The molecule has 2 aromatic rings. The highest BCUT2D eigenvalue weighted by Gasteiger charge is 2.12. The van der Waals surface area contributed by atoms with E-state index in [9.17, 15) is 4.79 Å². The lowest BCUT2D eigenvalue weighted by atomic mass is 10.2. The third kappa shape index (κ3) is 1.72. The molecule has 1 heterocycles. The van der Waals surface area contributed by atoms with Crippen LogP contribution in [0.3, 0.4) is 0 Å². The number of aromatic carboxylic acids is 1. The molecule has 82 valence electrons. The van der Waals surface area contributed by atoms with Gasteiger partial charge in [0.05, 0.1) is 12.7 Å². The minimum atomic E-state index is -1.02. The van der Waals surface area contributed by atoms with E-state index >= 15 is 0 Å². The van der Waals surface area contributed by atoms with Crippen LogP contribution in [0.15, 0.2) is 30.5 Å². The monoisotopic (exact) mass is 219 g/mol. The topological polar surface area (TPSA) is 77.2 Å². The van der Waals surface area contributed by atoms with Gasteiger partial charge in [-0.3, -0.25) is 0 Å². The van der Waals surface area contributed by atoms with Gasteiger partial charge in [-0.15, -0.1) is 9.90 Å². The van der Waals surface area contributed by atoms with Gasteiger partial charge in [-0.1, -0.05) is 12.1 Å². The van der Waals surface area contributed by atoms with Crippen molar-refractivity contribution in [3.05, 3.63) is 36.0 Å². The van der Waals surface area contributed by atoms with Crippen LogP contribution in [0.2, 0.25) is 0 Å². The number of nitrogens with zero attached hydrogens (tertiary/aromatic N) is 3. The van der Waals surface area contributed by atoms with Crippen LogP contribution in [0.5, 0.6) is 5.88 Å². The molecule has 0 unspecified atom stereocenters. The predicted molar refractivity (Wildman–Crippen MR) is 54.9 cm³/mol. The number of rotatable bonds is 3. The van der Waals surface area contributed by atoms with Gasteiger partial charge in [-0.05, 0) is 12.1 Å². The molecule has 1 aromatic carbocycles. The Labute approximate surface area is 91.1 Å². The Morgan fingerprint density at radius 2 is 2.19 bits per heavy atom. The number of para-hydroxylation sites is 1. The summed E-state index contributed by atoms with van der Waals surface area (Å²) >= 11 is 0. The number of carboxylic acids is 1. The quantitative estimate of drug-likeness (QED) is 0.832. The Morgan fingerprint density at radius 3 is 2.81 bits per heavy atom. The van der Waals surface area contributed by atoms with Crippen molar-refractivity contribution >= 4 is 5.97 Å². The largest absolute Gasteiger partial charge is 0.479 e. The summed E-state index contributed by atoms with van der Waals surface area (Å²) in [5.41, 5.74) is 0.541. The molecule has 0 fully saturated rings. The van der Waals surface area contributed by atoms with Gasteiger partial charge in [-0.25, -0.2) is 4.79 Å². The minimum Gasteiger partial charge on any atom is -0.479 e. The number of methoxy groups -OCH3 is 1. The number of benzene rings is 1. The first-order valence-corrected chi connectivity index (χ1v) is 4.51. The first-order valence-electron chi connectivity index (χ1n) is 4.51. The van der Waals surface area contributed by atoms with E-state index in [4.69, 9.17) is 9.84 Å². The Balaban J connectivity index is 2.50. The molecular formula is C10H9N3O3. The Morgan fingerprint density at radius 1 is 1.44 bits per heavy atom. The van der Waals surface area contributed by atoms with Crippen LogP contribution >= 0.6 is 0 Å². The molecule has 6 nitrogen and oxygen atoms in total. The number of carbonyl (C=O) groups is 1. The van der Waals surface area contributed by atoms with Crippen molar-refractivity contribution in [2.24, 2.45) is 0 Å². The second-order valence-corrected chi connectivity index (χ2v) is 3.00. The van der Waals surface area contributed by atoms with Gasteiger partial charge in [-0.2, -0.15) is 5.10 Å². The lowest BCUT2D eigenvalue weighted by Gasteiger charge is -2.03. The number of aromatic nitrogens is 3. The summed E-state index contributed by atoms with van der Waals surface area (Å²) in [7, 11) is 1.47. The molecule has 0 amide bonds. The maximum atomic E-state index is 11.0. The summed E-state index contributed by atoms with van der Waals surface area (Å²) in [6, 6.07) is 6.49. The molecule has 0 bridgehead atoms. The van der Waals surface area contributed by atoms with Crippen molar-refractivity contribution in [3.8, 4) is 11.6 Å². The van der Waals surface area contributed by atoms with Gasteiger partial charge >= 0.3 is 5.97 Å². The number of carboxylic acid groups (broad SMARTS) is 1. The Kier molecular flexibility index (Phi) is 2.55. The molecule has 0 radical (unpaired) electrons. The SMILES string of the molecule is COc1cnn(-c2ccccc2C(=O)O)n1. The fourth-order valence-corrected chi connectivity index (χ4v) is 1.29. The van der Waals surface area contributed by atoms with Crippen LogP contribution < -0.4 is 4.74 Å². The molecule has 0 aliphatic rings. The second kappa shape index (κ2) is 4.01. The maximum absolute atomic E-state index is 11.0. The number of ether oxygens (including phenoxy) is 1. The highest BCUT2D eigenvalue weighted by Crippen LogP contribution is 2.14. The van der Waals surface area contributed by atoms with Crippen LogP contribution in [-0.4, -0.2) is 33.2 Å². The van der Waals surface area contributed by atoms with Crippen molar-refractivity contribution in [2.45, 2.75) is 0 Å². The van der Waals surface area contributed by atoms with Gasteiger partial charge < -0.3 is 9.84 Å². The molecule has 16 heavy (non-hydrogen) atoms. The van der Waals surface area contributed by atoms with Crippen molar-refractivity contribution in [1.82, 2.24) is 15.0 Å². The Hall–Kier alpha value is -2.37. The van der Waals surface area contributed by atoms with E-state index in [0.717, 1.165) is 0 Å². The summed E-state index contributed by atoms with van der Waals surface area (Å²) in [5.74, 6) is -0.688. The lowest BCUT2D eigenvalue weighted by Crippen LogP contribution is -2.07. The third-order valence-electron chi connectivity index (χ3n) is 2.03. The predicted octanol–water partition coefficient (Wildman–Crippen LogP) is 0.974. The van der Waals surface area contributed by atoms with Crippen molar-refractivity contribution < 1.29 is 14.6 Å². The maximum Gasteiger partial charge on any atom is 0.337 e. The van der Waals surface area contributed by atoms with Gasteiger partial charge in [0.2, 0.25) is 0 Å². The standard InChI is InChI=1S/C10H9N3O3/c1-16-9-6-11-13(12-9)8-5-3-2-4-7(8)10(14)15/h2-6H,1H3,(H,14,15). The molecule has 0 saturated carbocycles. The smallest absolute Gasteiger partial charge is 0.337 e. The summed E-state index contributed by atoms with van der Waals surface area (Å²) in [6.45, 7) is 0. The average molecular weight is 219 g/mol. The zero-order chi connectivity index (χ0) is 11.5. The first-order chi connectivity index (χ1) is 7.72. The van der Waals surface area contributed by atoms with E-state index in [1.807, 2.05) is 0 Å². The van der Waals surface area contributed by atoms with E-state index in [1.54, 1.807) is 18.2 Å². The fraction of sp³-hybridized carbons (Fsp3) is 0.100. The average Bonchev–Trinajstić information content (AvgIpc) is 2.77. The van der Waals surface area contributed by atoms with E-state index in [-0.39, 0.29) is 5.56 Å². The summed E-state index contributed by atoms with van der Waals surface area (Å²) < 4.78 is 4.87. The number of hydrogen-bond donors (Lipinski definition) is 1. The molecular weight excluding hydrogens is 210 g/mol. The van der Waals surface area contributed by atoms with E-state index < -0.39 is 5.97 Å². The van der Waals surface area contributed by atoms with Crippen LogP contribution in [-0.2, 0) is 0 Å². The zero-order valence-corrected chi connectivity index (χ0v) is 8.49. The van der Waals surface area contributed by atoms with Crippen molar-refractivity contribution in [1.29, 1.82) is 0 Å². The van der Waals surface area contributed by atoms with E-state index in [2.05, 4.69) is 10.2 Å². The Bertz CT molecular complexity index is 522. The van der Waals surface area contributed by atoms with Crippen LogP contribution in [0.4, 0.5) is 0 Å². The lowest BCUT2D eigenvalue weighted by molar-refractivity contribution is 0.0696. The van der Waals surface area contributed by atoms with Gasteiger partial charge in [0.15, 0.2) is 0 Å². The summed E-state index contributed by atoms with van der Waals surface area (Å²) in [5, 5.41) is 16.9. The number of hydrogen-bond acceptors (Lipinski definition) is 4. The molecule has 0 aliphatic carbocycles.